The lowest BCUT2D eigenvalue weighted by atomic mass is 10.3. The van der Waals surface area contributed by atoms with Crippen LogP contribution in [-0.4, -0.2) is 13.4 Å². The van der Waals surface area contributed by atoms with Crippen LogP contribution in [0.4, 0.5) is 0 Å². The van der Waals surface area contributed by atoms with Crippen LogP contribution < -0.4 is 5.14 Å². The Labute approximate surface area is 76.8 Å². The van der Waals surface area contributed by atoms with E-state index in [9.17, 15) is 8.42 Å². The van der Waals surface area contributed by atoms with Gasteiger partial charge in [0.2, 0.25) is 10.0 Å². The number of hydrogen-bond acceptors (Lipinski definition) is 3. The highest BCUT2D eigenvalue weighted by Gasteiger charge is 2.12. The second kappa shape index (κ2) is 3.56. The van der Waals surface area contributed by atoms with E-state index in [-0.39, 0.29) is 10.6 Å². The van der Waals surface area contributed by atoms with Crippen molar-refractivity contribution in [2.24, 2.45) is 5.14 Å². The van der Waals surface area contributed by atoms with Gasteiger partial charge in [0, 0.05) is 6.20 Å². The third kappa shape index (κ3) is 2.28. The number of nitrogens with zero attached hydrogens (tertiary/aromatic N) is 1. The van der Waals surface area contributed by atoms with Crippen molar-refractivity contribution in [3.05, 3.63) is 24.0 Å². The molecule has 1 heterocycles. The van der Waals surface area contributed by atoms with E-state index in [0.717, 1.165) is 0 Å². The van der Waals surface area contributed by atoms with E-state index >= 15 is 0 Å². The van der Waals surface area contributed by atoms with Crippen LogP contribution in [0.15, 0.2) is 23.2 Å². The predicted octanol–water partition coefficient (Wildman–Crippen LogP) is 0.100. The molecule has 0 aromatic carbocycles. The second-order valence-electron chi connectivity index (χ2n) is 2.27. The molecular formula is C8H8N2O2S. The lowest BCUT2D eigenvalue weighted by Crippen LogP contribution is -2.14. The first-order valence-electron chi connectivity index (χ1n) is 3.46. The topological polar surface area (TPSA) is 73.0 Å². The number of pyridine rings is 1. The summed E-state index contributed by atoms with van der Waals surface area (Å²) in [4.78, 5) is 3.76. The number of nitrogens with two attached hydrogens (primary N) is 1. The van der Waals surface area contributed by atoms with E-state index in [1.807, 2.05) is 0 Å². The molecule has 0 radical (unpaired) electrons. The largest absolute Gasteiger partial charge is 0.246 e. The summed E-state index contributed by atoms with van der Waals surface area (Å²) in [6.07, 6.45) is 1.47. The van der Waals surface area contributed by atoms with Crippen LogP contribution in [0.5, 0.6) is 0 Å². The van der Waals surface area contributed by atoms with Crippen molar-refractivity contribution >= 4 is 10.0 Å². The van der Waals surface area contributed by atoms with Gasteiger partial charge in [0.15, 0.2) is 0 Å². The van der Waals surface area contributed by atoms with Gasteiger partial charge in [-0.15, -0.1) is 0 Å². The van der Waals surface area contributed by atoms with Crippen LogP contribution in [0.3, 0.4) is 0 Å². The molecule has 0 aliphatic rings. The van der Waals surface area contributed by atoms with Crippen molar-refractivity contribution in [3.63, 3.8) is 0 Å². The second-order valence-corrected chi connectivity index (χ2v) is 3.80. The quantitative estimate of drug-likeness (QED) is 0.647. The van der Waals surface area contributed by atoms with E-state index in [0.29, 0.717) is 0 Å². The Bertz CT molecular complexity index is 468. The summed E-state index contributed by atoms with van der Waals surface area (Å²) in [5, 5.41) is 4.95. The third-order valence-corrected chi connectivity index (χ3v) is 2.26. The molecule has 0 saturated carbocycles. The first-order valence-corrected chi connectivity index (χ1v) is 5.01. The predicted molar refractivity (Wildman–Crippen MR) is 48.2 cm³/mol. The van der Waals surface area contributed by atoms with E-state index in [1.54, 1.807) is 6.92 Å². The molecule has 0 atom stereocenters. The number of hydrogen-bond donors (Lipinski definition) is 1. The van der Waals surface area contributed by atoms with Crippen LogP contribution >= 0.6 is 0 Å². The van der Waals surface area contributed by atoms with Gasteiger partial charge in [-0.3, -0.25) is 0 Å². The standard InChI is InChI=1S/C8H8N2O2S/c1-2-4-7-8(13(9,11)12)5-3-6-10-7/h3,5-6H,1H3,(H2,9,11,12). The van der Waals surface area contributed by atoms with Crippen molar-refractivity contribution in [2.75, 3.05) is 0 Å². The summed E-state index contributed by atoms with van der Waals surface area (Å²) >= 11 is 0. The first kappa shape index (κ1) is 9.71. The van der Waals surface area contributed by atoms with Crippen molar-refractivity contribution in [2.45, 2.75) is 11.8 Å². The van der Waals surface area contributed by atoms with Gasteiger partial charge in [0.25, 0.3) is 0 Å². The number of rotatable bonds is 1. The average molecular weight is 196 g/mol. The van der Waals surface area contributed by atoms with Gasteiger partial charge in [0.05, 0.1) is 0 Å². The Morgan fingerprint density at radius 1 is 1.54 bits per heavy atom. The summed E-state index contributed by atoms with van der Waals surface area (Å²) in [7, 11) is -3.72. The molecule has 13 heavy (non-hydrogen) atoms. The monoisotopic (exact) mass is 196 g/mol. The fourth-order valence-corrected chi connectivity index (χ4v) is 1.47. The molecule has 1 aromatic heterocycles. The summed E-state index contributed by atoms with van der Waals surface area (Å²) < 4.78 is 22.0. The van der Waals surface area contributed by atoms with Gasteiger partial charge in [-0.1, -0.05) is 5.92 Å². The molecule has 0 aliphatic heterocycles. The van der Waals surface area contributed by atoms with Crippen molar-refractivity contribution < 1.29 is 8.42 Å². The zero-order valence-electron chi connectivity index (χ0n) is 6.98. The number of primary sulfonamides is 1. The van der Waals surface area contributed by atoms with E-state index in [4.69, 9.17) is 5.14 Å². The van der Waals surface area contributed by atoms with E-state index in [1.165, 1.54) is 18.3 Å². The lowest BCUT2D eigenvalue weighted by molar-refractivity contribution is 0.597. The number of aromatic nitrogens is 1. The Morgan fingerprint density at radius 2 is 2.23 bits per heavy atom. The maximum absolute atomic E-state index is 11.0. The zero-order valence-corrected chi connectivity index (χ0v) is 7.80. The molecule has 0 unspecified atom stereocenters. The maximum Gasteiger partial charge on any atom is 0.240 e. The summed E-state index contributed by atoms with van der Waals surface area (Å²) in [6, 6.07) is 2.88. The van der Waals surface area contributed by atoms with Crippen LogP contribution in [-0.2, 0) is 10.0 Å². The fourth-order valence-electron chi connectivity index (χ4n) is 0.832. The van der Waals surface area contributed by atoms with Crippen LogP contribution in [0, 0.1) is 11.8 Å². The lowest BCUT2D eigenvalue weighted by Gasteiger charge is -1.98. The highest BCUT2D eigenvalue weighted by Crippen LogP contribution is 2.08. The van der Waals surface area contributed by atoms with E-state index < -0.39 is 10.0 Å². The normalized spacial score (nSPS) is 10.3. The maximum atomic E-state index is 11.0. The van der Waals surface area contributed by atoms with Gasteiger partial charge >= 0.3 is 0 Å². The van der Waals surface area contributed by atoms with Crippen molar-refractivity contribution in [3.8, 4) is 11.8 Å². The Balaban J connectivity index is 3.43. The van der Waals surface area contributed by atoms with Gasteiger partial charge in [0.1, 0.15) is 10.6 Å². The average Bonchev–Trinajstić information content (AvgIpc) is 2.04. The van der Waals surface area contributed by atoms with Gasteiger partial charge in [-0.05, 0) is 25.0 Å². The molecule has 5 heteroatoms. The molecule has 1 aromatic rings. The summed E-state index contributed by atoms with van der Waals surface area (Å²) in [5.41, 5.74) is 0.188. The molecule has 0 spiro atoms. The van der Waals surface area contributed by atoms with Gasteiger partial charge in [-0.2, -0.15) is 0 Å². The van der Waals surface area contributed by atoms with Crippen LogP contribution in [0.2, 0.25) is 0 Å². The third-order valence-electron chi connectivity index (χ3n) is 1.32. The highest BCUT2D eigenvalue weighted by atomic mass is 32.2. The molecule has 0 saturated heterocycles. The zero-order chi connectivity index (χ0) is 9.90. The van der Waals surface area contributed by atoms with Crippen LogP contribution in [0.25, 0.3) is 0 Å². The fraction of sp³-hybridized carbons (Fsp3) is 0.125. The minimum Gasteiger partial charge on any atom is -0.246 e. The molecule has 0 aliphatic carbocycles. The van der Waals surface area contributed by atoms with Gasteiger partial charge in [-0.25, -0.2) is 18.5 Å². The minimum atomic E-state index is -3.72. The number of sulfonamides is 1. The molecule has 0 fully saturated rings. The first-order chi connectivity index (χ1) is 6.05. The molecule has 1 rings (SSSR count). The highest BCUT2D eigenvalue weighted by molar-refractivity contribution is 7.89. The molecule has 2 N–H and O–H groups in total. The van der Waals surface area contributed by atoms with Crippen molar-refractivity contribution in [1.29, 1.82) is 0 Å². The van der Waals surface area contributed by atoms with Crippen molar-refractivity contribution in [1.82, 2.24) is 4.98 Å². The minimum absolute atomic E-state index is 0.0376. The Kier molecular flexibility index (Phi) is 2.66. The van der Waals surface area contributed by atoms with Crippen LogP contribution in [0.1, 0.15) is 12.6 Å². The summed E-state index contributed by atoms with van der Waals surface area (Å²) in [5.74, 6) is 5.13. The Morgan fingerprint density at radius 3 is 2.77 bits per heavy atom. The smallest absolute Gasteiger partial charge is 0.240 e. The molecule has 0 bridgehead atoms. The van der Waals surface area contributed by atoms with Gasteiger partial charge < -0.3 is 0 Å². The van der Waals surface area contributed by atoms with E-state index in [2.05, 4.69) is 16.8 Å². The molecule has 4 nitrogen and oxygen atoms in total. The Hall–Kier alpha value is -1.38. The molecular weight excluding hydrogens is 188 g/mol. The summed E-state index contributed by atoms with van der Waals surface area (Å²) in [6.45, 7) is 1.60. The SMILES string of the molecule is CC#Cc1ncccc1S(N)(=O)=O. The molecule has 68 valence electrons. The molecule has 0 amide bonds.